The van der Waals surface area contributed by atoms with Crippen molar-refractivity contribution in [1.82, 2.24) is 9.80 Å². The maximum atomic E-state index is 11.9. The third-order valence-corrected chi connectivity index (χ3v) is 4.30. The summed E-state index contributed by atoms with van der Waals surface area (Å²) in [5, 5.41) is 0. The summed E-state index contributed by atoms with van der Waals surface area (Å²) in [5.41, 5.74) is 2.72. The summed E-state index contributed by atoms with van der Waals surface area (Å²) in [6.07, 6.45) is 3.07. The van der Waals surface area contributed by atoms with Gasteiger partial charge in [0.15, 0.2) is 0 Å². The van der Waals surface area contributed by atoms with Crippen LogP contribution in [0.15, 0.2) is 24.3 Å². The zero-order valence-electron chi connectivity index (χ0n) is 12.9. The highest BCUT2D eigenvalue weighted by Gasteiger charge is 2.26. The number of hydrogen-bond donors (Lipinski definition) is 0. The number of rotatable bonds is 5. The Morgan fingerprint density at radius 1 is 1.45 bits per heavy atom. The smallest absolute Gasteiger partial charge is 0.223 e. The third kappa shape index (κ3) is 3.60. The van der Waals surface area contributed by atoms with Crippen LogP contribution in [0.5, 0.6) is 0 Å². The van der Waals surface area contributed by atoms with E-state index in [-0.39, 0.29) is 5.91 Å². The van der Waals surface area contributed by atoms with Crippen molar-refractivity contribution < 1.29 is 4.79 Å². The van der Waals surface area contributed by atoms with Crippen molar-refractivity contribution in [2.45, 2.75) is 39.2 Å². The summed E-state index contributed by atoms with van der Waals surface area (Å²) in [5.74, 6) is 0.252. The van der Waals surface area contributed by atoms with Crippen LogP contribution >= 0.6 is 0 Å². The summed E-state index contributed by atoms with van der Waals surface area (Å²) in [4.78, 5) is 16.2. The van der Waals surface area contributed by atoms with Gasteiger partial charge in [-0.25, -0.2) is 0 Å². The Bertz CT molecular complexity index is 458. The van der Waals surface area contributed by atoms with Crippen LogP contribution in [0.2, 0.25) is 0 Å². The van der Waals surface area contributed by atoms with Crippen molar-refractivity contribution >= 4 is 5.91 Å². The molecule has 1 heterocycles. The van der Waals surface area contributed by atoms with Gasteiger partial charge in [0.05, 0.1) is 0 Å². The first-order chi connectivity index (χ1) is 9.61. The molecule has 0 unspecified atom stereocenters. The SMILES string of the molecule is CCN(C)C(=O)CCN1CCC[C@H]1c1cccc(C)c1. The van der Waals surface area contributed by atoms with Crippen LogP contribution in [0.4, 0.5) is 0 Å². The molecule has 20 heavy (non-hydrogen) atoms. The first kappa shape index (κ1) is 15.0. The maximum absolute atomic E-state index is 11.9. The Labute approximate surface area is 122 Å². The van der Waals surface area contributed by atoms with Crippen LogP contribution in [-0.2, 0) is 4.79 Å². The quantitative estimate of drug-likeness (QED) is 0.824. The lowest BCUT2D eigenvalue weighted by Crippen LogP contribution is -2.32. The molecule has 0 N–H and O–H groups in total. The lowest BCUT2D eigenvalue weighted by atomic mass is 10.0. The van der Waals surface area contributed by atoms with Crippen molar-refractivity contribution in [3.8, 4) is 0 Å². The molecule has 1 saturated heterocycles. The molecule has 0 radical (unpaired) electrons. The van der Waals surface area contributed by atoms with E-state index in [1.165, 1.54) is 24.0 Å². The molecule has 2 rings (SSSR count). The number of carbonyl (C=O) groups excluding carboxylic acids is 1. The van der Waals surface area contributed by atoms with E-state index in [1.807, 2.05) is 14.0 Å². The minimum absolute atomic E-state index is 0.252. The van der Waals surface area contributed by atoms with Crippen LogP contribution in [0.1, 0.15) is 43.4 Å². The molecule has 1 aromatic carbocycles. The fourth-order valence-corrected chi connectivity index (χ4v) is 2.96. The van der Waals surface area contributed by atoms with Gasteiger partial charge in [-0.05, 0) is 38.8 Å². The second-order valence-electron chi connectivity index (χ2n) is 5.77. The van der Waals surface area contributed by atoms with E-state index in [0.717, 1.165) is 19.6 Å². The van der Waals surface area contributed by atoms with Gasteiger partial charge >= 0.3 is 0 Å². The number of aryl methyl sites for hydroxylation is 1. The van der Waals surface area contributed by atoms with Gasteiger partial charge in [-0.15, -0.1) is 0 Å². The van der Waals surface area contributed by atoms with Crippen molar-refractivity contribution in [3.63, 3.8) is 0 Å². The molecule has 0 spiro atoms. The van der Waals surface area contributed by atoms with E-state index >= 15 is 0 Å². The molecule has 1 aliphatic rings. The van der Waals surface area contributed by atoms with E-state index in [2.05, 4.69) is 36.1 Å². The molecule has 1 atom stereocenters. The molecule has 0 bridgehead atoms. The van der Waals surface area contributed by atoms with Crippen molar-refractivity contribution in [1.29, 1.82) is 0 Å². The summed E-state index contributed by atoms with van der Waals surface area (Å²) < 4.78 is 0. The van der Waals surface area contributed by atoms with E-state index in [9.17, 15) is 4.79 Å². The fourth-order valence-electron chi connectivity index (χ4n) is 2.96. The number of benzene rings is 1. The Hall–Kier alpha value is -1.35. The lowest BCUT2D eigenvalue weighted by molar-refractivity contribution is -0.130. The van der Waals surface area contributed by atoms with Gasteiger partial charge in [0, 0.05) is 32.6 Å². The predicted octanol–water partition coefficient (Wildman–Crippen LogP) is 3.00. The molecule has 1 amide bonds. The minimum Gasteiger partial charge on any atom is -0.346 e. The largest absolute Gasteiger partial charge is 0.346 e. The van der Waals surface area contributed by atoms with E-state index in [4.69, 9.17) is 0 Å². The fraction of sp³-hybridized carbons (Fsp3) is 0.588. The normalized spacial score (nSPS) is 19.2. The van der Waals surface area contributed by atoms with Crippen LogP contribution < -0.4 is 0 Å². The summed E-state index contributed by atoms with van der Waals surface area (Å²) in [7, 11) is 1.88. The van der Waals surface area contributed by atoms with Gasteiger partial charge in [-0.1, -0.05) is 29.8 Å². The monoisotopic (exact) mass is 274 g/mol. The van der Waals surface area contributed by atoms with Crippen LogP contribution in [0.3, 0.4) is 0 Å². The average Bonchev–Trinajstić information content (AvgIpc) is 2.92. The van der Waals surface area contributed by atoms with Crippen molar-refractivity contribution in [2.75, 3.05) is 26.7 Å². The lowest BCUT2D eigenvalue weighted by Gasteiger charge is -2.25. The maximum Gasteiger partial charge on any atom is 0.223 e. The standard InChI is InChI=1S/C17H26N2O/c1-4-18(3)17(20)10-12-19-11-6-9-16(19)15-8-5-7-14(2)13-15/h5,7-8,13,16H,4,6,9-12H2,1-3H3/t16-/m0/s1. The summed E-state index contributed by atoms with van der Waals surface area (Å²) in [6, 6.07) is 9.27. The highest BCUT2D eigenvalue weighted by Crippen LogP contribution is 2.32. The molecule has 1 aromatic rings. The van der Waals surface area contributed by atoms with Gasteiger partial charge in [-0.2, -0.15) is 0 Å². The summed E-state index contributed by atoms with van der Waals surface area (Å²) in [6.45, 7) is 6.94. The molecular formula is C17H26N2O. The molecule has 3 nitrogen and oxygen atoms in total. The van der Waals surface area contributed by atoms with E-state index in [0.29, 0.717) is 12.5 Å². The van der Waals surface area contributed by atoms with E-state index in [1.54, 1.807) is 4.90 Å². The minimum atomic E-state index is 0.252. The highest BCUT2D eigenvalue weighted by atomic mass is 16.2. The molecule has 1 fully saturated rings. The highest BCUT2D eigenvalue weighted by molar-refractivity contribution is 5.75. The van der Waals surface area contributed by atoms with Gasteiger partial charge in [-0.3, -0.25) is 9.69 Å². The third-order valence-electron chi connectivity index (χ3n) is 4.30. The molecule has 110 valence electrons. The Morgan fingerprint density at radius 3 is 2.95 bits per heavy atom. The summed E-state index contributed by atoms with van der Waals surface area (Å²) >= 11 is 0. The zero-order chi connectivity index (χ0) is 14.5. The van der Waals surface area contributed by atoms with E-state index < -0.39 is 0 Å². The van der Waals surface area contributed by atoms with Gasteiger partial charge < -0.3 is 4.90 Å². The second kappa shape index (κ2) is 6.89. The van der Waals surface area contributed by atoms with Crippen LogP contribution in [0, 0.1) is 6.92 Å². The Balaban J connectivity index is 1.96. The number of hydrogen-bond acceptors (Lipinski definition) is 2. The topological polar surface area (TPSA) is 23.6 Å². The first-order valence-corrected chi connectivity index (χ1v) is 7.66. The van der Waals surface area contributed by atoms with Gasteiger partial charge in [0.1, 0.15) is 0 Å². The van der Waals surface area contributed by atoms with Crippen molar-refractivity contribution in [3.05, 3.63) is 35.4 Å². The van der Waals surface area contributed by atoms with Crippen molar-refractivity contribution in [2.24, 2.45) is 0 Å². The number of amides is 1. The Morgan fingerprint density at radius 2 is 2.25 bits per heavy atom. The van der Waals surface area contributed by atoms with Gasteiger partial charge in [0.25, 0.3) is 0 Å². The average molecular weight is 274 g/mol. The van der Waals surface area contributed by atoms with Crippen LogP contribution in [-0.4, -0.2) is 42.4 Å². The molecule has 3 heteroatoms. The molecule has 0 aromatic heterocycles. The molecule has 1 aliphatic heterocycles. The molecule has 0 aliphatic carbocycles. The number of likely N-dealkylation sites (tertiary alicyclic amines) is 1. The zero-order valence-corrected chi connectivity index (χ0v) is 12.9. The van der Waals surface area contributed by atoms with Gasteiger partial charge in [0.2, 0.25) is 5.91 Å². The molecular weight excluding hydrogens is 248 g/mol. The predicted molar refractivity (Wildman–Crippen MR) is 82.7 cm³/mol. The second-order valence-corrected chi connectivity index (χ2v) is 5.77. The number of nitrogens with zero attached hydrogens (tertiary/aromatic N) is 2. The van der Waals surface area contributed by atoms with Crippen LogP contribution in [0.25, 0.3) is 0 Å². The number of carbonyl (C=O) groups is 1. The Kier molecular flexibility index (Phi) is 5.18. The first-order valence-electron chi connectivity index (χ1n) is 7.66. The molecule has 0 saturated carbocycles.